The van der Waals surface area contributed by atoms with Gasteiger partial charge in [0, 0.05) is 18.5 Å². The summed E-state index contributed by atoms with van der Waals surface area (Å²) in [5, 5.41) is 21.0. The van der Waals surface area contributed by atoms with Gasteiger partial charge < -0.3 is 25.2 Å². The van der Waals surface area contributed by atoms with Crippen molar-refractivity contribution in [2.24, 2.45) is 0 Å². The van der Waals surface area contributed by atoms with E-state index in [0.29, 0.717) is 6.42 Å². The summed E-state index contributed by atoms with van der Waals surface area (Å²) >= 11 is 0. The molecule has 33 heavy (non-hydrogen) atoms. The number of rotatable bonds is 10. The van der Waals surface area contributed by atoms with Gasteiger partial charge in [0.15, 0.2) is 0 Å². The van der Waals surface area contributed by atoms with Crippen LogP contribution in [0.4, 0.5) is 4.79 Å². The number of nitrogens with one attached hydrogen (secondary N) is 1. The number of carboxylic acid groups (broad SMARTS) is 1. The van der Waals surface area contributed by atoms with Crippen LogP contribution in [0.1, 0.15) is 43.7 Å². The molecule has 0 aromatic heterocycles. The Bertz CT molecular complexity index is 962. The molecule has 2 atom stereocenters. The Morgan fingerprint density at radius 3 is 2.15 bits per heavy atom. The molecule has 8 heteroatoms. The Morgan fingerprint density at radius 1 is 1.06 bits per heavy atom. The van der Waals surface area contributed by atoms with Crippen molar-refractivity contribution in [1.29, 1.82) is 0 Å². The van der Waals surface area contributed by atoms with Crippen LogP contribution in [0.5, 0.6) is 0 Å². The first-order valence-corrected chi connectivity index (χ1v) is 11.1. The maximum Gasteiger partial charge on any atom is 0.407 e. The average Bonchev–Trinajstić information content (AvgIpc) is 3.13. The minimum absolute atomic E-state index is 0.0519. The Hall–Kier alpha value is -3.39. The maximum absolute atomic E-state index is 13.0. The van der Waals surface area contributed by atoms with Gasteiger partial charge in [-0.15, -0.1) is 0 Å². The number of aliphatic carboxylic acids is 1. The van der Waals surface area contributed by atoms with Crippen molar-refractivity contribution in [1.82, 2.24) is 10.2 Å². The van der Waals surface area contributed by atoms with E-state index in [-0.39, 0.29) is 31.7 Å². The first-order valence-electron chi connectivity index (χ1n) is 11.1. The maximum atomic E-state index is 13.0. The van der Waals surface area contributed by atoms with E-state index in [4.69, 9.17) is 4.74 Å². The summed E-state index contributed by atoms with van der Waals surface area (Å²) in [7, 11) is 0. The van der Waals surface area contributed by atoms with Gasteiger partial charge in [-0.05, 0) is 35.6 Å². The second kappa shape index (κ2) is 11.0. The minimum Gasteiger partial charge on any atom is -0.481 e. The van der Waals surface area contributed by atoms with Crippen molar-refractivity contribution in [2.45, 2.75) is 44.7 Å². The van der Waals surface area contributed by atoms with Crippen molar-refractivity contribution in [3.8, 4) is 11.1 Å². The van der Waals surface area contributed by atoms with E-state index in [0.717, 1.165) is 22.3 Å². The molecule has 2 aromatic rings. The lowest BCUT2D eigenvalue weighted by molar-refractivity contribution is -0.143. The summed E-state index contributed by atoms with van der Waals surface area (Å²) in [6.07, 6.45) is -0.817. The first-order chi connectivity index (χ1) is 15.9. The molecular formula is C25H30N2O6. The van der Waals surface area contributed by atoms with Gasteiger partial charge in [-0.3, -0.25) is 9.59 Å². The number of carbonyl (C=O) groups is 3. The smallest absolute Gasteiger partial charge is 0.407 e. The molecule has 3 N–H and O–H groups in total. The Morgan fingerprint density at radius 2 is 1.64 bits per heavy atom. The molecule has 0 fully saturated rings. The quantitative estimate of drug-likeness (QED) is 0.508. The molecule has 2 amide bonds. The highest BCUT2D eigenvalue weighted by atomic mass is 16.5. The van der Waals surface area contributed by atoms with Crippen LogP contribution in [0, 0.1) is 0 Å². The van der Waals surface area contributed by atoms with Crippen molar-refractivity contribution >= 4 is 18.0 Å². The van der Waals surface area contributed by atoms with Crippen molar-refractivity contribution in [3.05, 3.63) is 59.7 Å². The zero-order valence-electron chi connectivity index (χ0n) is 18.9. The number of alkyl carbamates (subject to hydrolysis) is 1. The van der Waals surface area contributed by atoms with E-state index in [2.05, 4.69) is 5.32 Å². The normalized spacial score (nSPS) is 14.0. The van der Waals surface area contributed by atoms with Crippen molar-refractivity contribution in [2.75, 3.05) is 19.8 Å². The third-order valence-electron chi connectivity index (χ3n) is 6.06. The molecule has 0 aliphatic heterocycles. The summed E-state index contributed by atoms with van der Waals surface area (Å²) < 4.78 is 5.47. The van der Waals surface area contributed by atoms with Gasteiger partial charge in [0.05, 0.1) is 13.0 Å². The lowest BCUT2D eigenvalue weighted by atomic mass is 9.98. The van der Waals surface area contributed by atoms with Gasteiger partial charge in [-0.2, -0.15) is 0 Å². The summed E-state index contributed by atoms with van der Waals surface area (Å²) in [6.45, 7) is 3.53. The summed E-state index contributed by atoms with van der Waals surface area (Å²) in [5.74, 6) is -1.93. The SMILES string of the molecule is CCC(C)N(CCO)C(=O)C(CC(=O)O)NC(=O)OCC1c2ccccc2-c2ccccc21. The van der Waals surface area contributed by atoms with Gasteiger partial charge in [0.25, 0.3) is 0 Å². The topological polar surface area (TPSA) is 116 Å². The van der Waals surface area contributed by atoms with Gasteiger partial charge >= 0.3 is 12.1 Å². The Labute approximate surface area is 193 Å². The highest BCUT2D eigenvalue weighted by Gasteiger charge is 2.32. The monoisotopic (exact) mass is 454 g/mol. The van der Waals surface area contributed by atoms with Gasteiger partial charge in [-0.1, -0.05) is 55.5 Å². The second-order valence-corrected chi connectivity index (χ2v) is 8.13. The fourth-order valence-corrected chi connectivity index (χ4v) is 4.23. The third-order valence-corrected chi connectivity index (χ3v) is 6.06. The van der Waals surface area contributed by atoms with Crippen molar-refractivity contribution in [3.63, 3.8) is 0 Å². The van der Waals surface area contributed by atoms with E-state index >= 15 is 0 Å². The lowest BCUT2D eigenvalue weighted by Crippen LogP contribution is -2.52. The number of carbonyl (C=O) groups excluding carboxylic acids is 2. The molecule has 176 valence electrons. The van der Waals surface area contributed by atoms with Gasteiger partial charge in [0.1, 0.15) is 12.6 Å². The number of benzene rings is 2. The fourth-order valence-electron chi connectivity index (χ4n) is 4.23. The van der Waals surface area contributed by atoms with E-state index in [9.17, 15) is 24.6 Å². The van der Waals surface area contributed by atoms with Crippen LogP contribution in [0.25, 0.3) is 11.1 Å². The molecule has 0 radical (unpaired) electrons. The number of ether oxygens (including phenoxy) is 1. The molecule has 1 aliphatic carbocycles. The molecule has 0 bridgehead atoms. The predicted octanol–water partition coefficient (Wildman–Crippen LogP) is 2.99. The molecule has 2 unspecified atom stereocenters. The van der Waals surface area contributed by atoms with Gasteiger partial charge in [-0.25, -0.2) is 4.79 Å². The molecule has 0 saturated heterocycles. The number of nitrogens with zero attached hydrogens (tertiary/aromatic N) is 1. The summed E-state index contributed by atoms with van der Waals surface area (Å²) in [5.41, 5.74) is 4.29. The molecular weight excluding hydrogens is 424 g/mol. The molecule has 2 aromatic carbocycles. The third kappa shape index (κ3) is 5.51. The van der Waals surface area contributed by atoms with Crippen LogP contribution in [0.2, 0.25) is 0 Å². The van der Waals surface area contributed by atoms with Crippen molar-refractivity contribution < 1.29 is 29.3 Å². The number of aliphatic hydroxyl groups is 1. The zero-order valence-corrected chi connectivity index (χ0v) is 18.9. The van der Waals surface area contributed by atoms with Crippen LogP contribution < -0.4 is 5.32 Å². The highest BCUT2D eigenvalue weighted by Crippen LogP contribution is 2.44. The zero-order chi connectivity index (χ0) is 24.0. The number of carboxylic acids is 1. The Balaban J connectivity index is 1.71. The number of hydrogen-bond acceptors (Lipinski definition) is 5. The predicted molar refractivity (Wildman–Crippen MR) is 123 cm³/mol. The molecule has 0 heterocycles. The summed E-state index contributed by atoms with van der Waals surface area (Å²) in [6, 6.07) is 14.3. The number of aliphatic hydroxyl groups excluding tert-OH is 1. The van der Waals surface area contributed by atoms with Gasteiger partial charge in [0.2, 0.25) is 5.91 Å². The second-order valence-electron chi connectivity index (χ2n) is 8.13. The molecule has 0 saturated carbocycles. The lowest BCUT2D eigenvalue weighted by Gasteiger charge is -2.31. The molecule has 8 nitrogen and oxygen atoms in total. The molecule has 0 spiro atoms. The van der Waals surface area contributed by atoms with Crippen LogP contribution in [-0.4, -0.2) is 64.9 Å². The van der Waals surface area contributed by atoms with Crippen LogP contribution in [0.3, 0.4) is 0 Å². The standard InChI is InChI=1S/C25H30N2O6/c1-3-16(2)27(12-13-28)24(31)22(14-23(29)30)26-25(32)33-15-21-19-10-6-4-8-17(19)18-9-5-7-11-20(18)21/h4-11,16,21-22,28H,3,12-15H2,1-2H3,(H,26,32)(H,29,30). The average molecular weight is 455 g/mol. The molecule has 3 rings (SSSR count). The number of fused-ring (bicyclic) bond motifs is 3. The number of amides is 2. The van der Waals surface area contributed by atoms with E-state index < -0.39 is 30.4 Å². The first kappa shape index (κ1) is 24.3. The summed E-state index contributed by atoms with van der Waals surface area (Å²) in [4.78, 5) is 38.3. The fraction of sp³-hybridized carbons (Fsp3) is 0.400. The van der Waals surface area contributed by atoms with Crippen LogP contribution in [-0.2, 0) is 14.3 Å². The molecule has 1 aliphatic rings. The largest absolute Gasteiger partial charge is 0.481 e. The van der Waals surface area contributed by atoms with E-state index in [1.54, 1.807) is 6.92 Å². The minimum atomic E-state index is -1.29. The highest BCUT2D eigenvalue weighted by molar-refractivity contribution is 5.89. The number of hydrogen-bond donors (Lipinski definition) is 3. The van der Waals surface area contributed by atoms with Crippen LogP contribution in [0.15, 0.2) is 48.5 Å². The Kier molecular flexibility index (Phi) is 8.06. The van der Waals surface area contributed by atoms with E-state index in [1.807, 2.05) is 55.5 Å². The van der Waals surface area contributed by atoms with Crippen LogP contribution >= 0.6 is 0 Å². The van der Waals surface area contributed by atoms with E-state index in [1.165, 1.54) is 4.90 Å².